The molecule has 2 aliphatic rings. The summed E-state index contributed by atoms with van der Waals surface area (Å²) < 4.78 is 5.42. The van der Waals surface area contributed by atoms with Crippen molar-refractivity contribution < 1.29 is 4.52 Å². The minimum Gasteiger partial charge on any atom is -0.338 e. The van der Waals surface area contributed by atoms with Gasteiger partial charge in [0, 0.05) is 5.92 Å². The highest BCUT2D eigenvalue weighted by Crippen LogP contribution is 2.31. The number of nitrogens with one attached hydrogen (secondary N) is 1. The smallest absolute Gasteiger partial charge is 0.243 e. The molecule has 17 heavy (non-hydrogen) atoms. The molecule has 1 N–H and O–H groups in total. The van der Waals surface area contributed by atoms with E-state index in [1.54, 1.807) is 0 Å². The van der Waals surface area contributed by atoms with E-state index in [-0.39, 0.29) is 0 Å². The Morgan fingerprint density at radius 3 is 2.53 bits per heavy atom. The highest BCUT2D eigenvalue weighted by molar-refractivity contribution is 5.00. The van der Waals surface area contributed by atoms with Crippen LogP contribution in [0.25, 0.3) is 0 Å². The maximum absolute atomic E-state index is 5.42. The lowest BCUT2D eigenvalue weighted by atomic mass is 10.00. The maximum Gasteiger partial charge on any atom is 0.243 e. The first-order chi connectivity index (χ1) is 8.43. The number of hydrogen-bond acceptors (Lipinski definition) is 4. The SMILES string of the molecule is C1CCCC(c2noc([C@H]3CCCN3)n2)CC1. The molecular weight excluding hydrogens is 214 g/mol. The van der Waals surface area contributed by atoms with Crippen molar-refractivity contribution in [2.45, 2.75) is 63.3 Å². The van der Waals surface area contributed by atoms with Crippen molar-refractivity contribution >= 4 is 0 Å². The average Bonchev–Trinajstić information content (AvgIpc) is 2.95. The summed E-state index contributed by atoms with van der Waals surface area (Å²) in [4.78, 5) is 4.62. The van der Waals surface area contributed by atoms with Crippen LogP contribution in [-0.2, 0) is 0 Å². The van der Waals surface area contributed by atoms with Gasteiger partial charge in [0.2, 0.25) is 5.89 Å². The molecule has 94 valence electrons. The van der Waals surface area contributed by atoms with Crippen LogP contribution in [0.2, 0.25) is 0 Å². The van der Waals surface area contributed by atoms with Crippen LogP contribution in [0.1, 0.15) is 75.0 Å². The van der Waals surface area contributed by atoms with E-state index in [2.05, 4.69) is 15.5 Å². The molecule has 0 aromatic carbocycles. The molecule has 2 heterocycles. The molecule has 1 aromatic heterocycles. The minimum atomic E-state index is 0.307. The van der Waals surface area contributed by atoms with Crippen molar-refractivity contribution in [3.63, 3.8) is 0 Å². The van der Waals surface area contributed by atoms with E-state index >= 15 is 0 Å². The van der Waals surface area contributed by atoms with Gasteiger partial charge in [-0.1, -0.05) is 30.8 Å². The van der Waals surface area contributed by atoms with Crippen LogP contribution in [0.4, 0.5) is 0 Å². The van der Waals surface area contributed by atoms with Gasteiger partial charge < -0.3 is 9.84 Å². The number of hydrogen-bond donors (Lipinski definition) is 1. The fraction of sp³-hybridized carbons (Fsp3) is 0.846. The first kappa shape index (κ1) is 11.2. The predicted octanol–water partition coefficient (Wildman–Crippen LogP) is 2.93. The van der Waals surface area contributed by atoms with Gasteiger partial charge in [-0.3, -0.25) is 0 Å². The molecule has 1 saturated carbocycles. The van der Waals surface area contributed by atoms with Gasteiger partial charge in [-0.15, -0.1) is 0 Å². The van der Waals surface area contributed by atoms with Gasteiger partial charge in [-0.2, -0.15) is 4.98 Å². The molecule has 0 unspecified atom stereocenters. The van der Waals surface area contributed by atoms with Crippen LogP contribution in [0, 0.1) is 0 Å². The van der Waals surface area contributed by atoms with Crippen LogP contribution in [0.15, 0.2) is 4.52 Å². The van der Waals surface area contributed by atoms with E-state index in [0.717, 1.165) is 24.7 Å². The number of aromatic nitrogens is 2. The largest absolute Gasteiger partial charge is 0.338 e. The van der Waals surface area contributed by atoms with Crippen molar-refractivity contribution in [2.75, 3.05) is 6.54 Å². The molecule has 1 aliphatic carbocycles. The van der Waals surface area contributed by atoms with Crippen LogP contribution in [0.5, 0.6) is 0 Å². The maximum atomic E-state index is 5.42. The van der Waals surface area contributed by atoms with Crippen molar-refractivity contribution in [2.24, 2.45) is 0 Å². The Morgan fingerprint density at radius 2 is 1.82 bits per heavy atom. The summed E-state index contributed by atoms with van der Waals surface area (Å²) in [6.45, 7) is 1.08. The Morgan fingerprint density at radius 1 is 1.00 bits per heavy atom. The van der Waals surface area contributed by atoms with Crippen molar-refractivity contribution in [1.29, 1.82) is 0 Å². The van der Waals surface area contributed by atoms with Gasteiger partial charge in [0.1, 0.15) is 0 Å². The first-order valence-corrected chi connectivity index (χ1v) is 7.00. The van der Waals surface area contributed by atoms with Gasteiger partial charge in [-0.25, -0.2) is 0 Å². The lowest BCUT2D eigenvalue weighted by Gasteiger charge is -2.07. The fourth-order valence-electron chi connectivity index (χ4n) is 2.99. The summed E-state index contributed by atoms with van der Waals surface area (Å²) in [7, 11) is 0. The molecule has 1 atom stereocenters. The van der Waals surface area contributed by atoms with Crippen LogP contribution < -0.4 is 5.32 Å². The highest BCUT2D eigenvalue weighted by Gasteiger charge is 2.25. The first-order valence-electron chi connectivity index (χ1n) is 7.00. The molecule has 0 amide bonds. The van der Waals surface area contributed by atoms with Gasteiger partial charge in [0.05, 0.1) is 6.04 Å². The molecule has 3 rings (SSSR count). The van der Waals surface area contributed by atoms with Crippen LogP contribution in [-0.4, -0.2) is 16.7 Å². The second-order valence-electron chi connectivity index (χ2n) is 5.33. The molecule has 1 aliphatic heterocycles. The van der Waals surface area contributed by atoms with Crippen molar-refractivity contribution in [1.82, 2.24) is 15.5 Å². The zero-order valence-electron chi connectivity index (χ0n) is 10.3. The summed E-state index contributed by atoms with van der Waals surface area (Å²) in [5.41, 5.74) is 0. The zero-order valence-corrected chi connectivity index (χ0v) is 10.3. The molecule has 1 saturated heterocycles. The Balaban J connectivity index is 1.70. The number of rotatable bonds is 2. The summed E-state index contributed by atoms with van der Waals surface area (Å²) >= 11 is 0. The summed E-state index contributed by atoms with van der Waals surface area (Å²) in [6.07, 6.45) is 10.2. The van der Waals surface area contributed by atoms with E-state index in [1.165, 1.54) is 44.9 Å². The predicted molar refractivity (Wildman–Crippen MR) is 64.7 cm³/mol. The Labute approximate surface area is 102 Å². The third-order valence-corrected chi connectivity index (χ3v) is 4.04. The second kappa shape index (κ2) is 5.17. The lowest BCUT2D eigenvalue weighted by Crippen LogP contribution is -2.13. The molecule has 0 spiro atoms. The van der Waals surface area contributed by atoms with E-state index < -0.39 is 0 Å². The molecular formula is C13H21N3O. The van der Waals surface area contributed by atoms with Crippen LogP contribution >= 0.6 is 0 Å². The summed E-state index contributed by atoms with van der Waals surface area (Å²) in [5.74, 6) is 2.30. The molecule has 0 radical (unpaired) electrons. The zero-order chi connectivity index (χ0) is 11.5. The number of nitrogens with zero attached hydrogens (tertiary/aromatic N) is 2. The Bertz CT molecular complexity index is 349. The van der Waals surface area contributed by atoms with Gasteiger partial charge in [0.15, 0.2) is 5.82 Å². The summed E-state index contributed by atoms with van der Waals surface area (Å²) in [5, 5.41) is 7.61. The molecule has 1 aromatic rings. The van der Waals surface area contributed by atoms with E-state index in [1.807, 2.05) is 0 Å². The fourth-order valence-corrected chi connectivity index (χ4v) is 2.99. The minimum absolute atomic E-state index is 0.307. The Hall–Kier alpha value is -0.900. The molecule has 0 bridgehead atoms. The molecule has 2 fully saturated rings. The molecule has 4 nitrogen and oxygen atoms in total. The normalized spacial score (nSPS) is 27.2. The molecule has 4 heteroatoms. The monoisotopic (exact) mass is 235 g/mol. The van der Waals surface area contributed by atoms with Gasteiger partial charge in [0.25, 0.3) is 0 Å². The van der Waals surface area contributed by atoms with E-state index in [4.69, 9.17) is 4.52 Å². The highest BCUT2D eigenvalue weighted by atomic mass is 16.5. The topological polar surface area (TPSA) is 51.0 Å². The van der Waals surface area contributed by atoms with Crippen molar-refractivity contribution in [3.8, 4) is 0 Å². The quantitative estimate of drug-likeness (QED) is 0.801. The van der Waals surface area contributed by atoms with E-state index in [9.17, 15) is 0 Å². The standard InChI is InChI=1S/C13H21N3O/c1-2-4-7-10(6-3-1)12-15-13(17-16-12)11-8-5-9-14-11/h10-11,14H,1-9H2/t11-/m1/s1. The summed E-state index contributed by atoms with van der Waals surface area (Å²) in [6, 6.07) is 0.307. The van der Waals surface area contributed by atoms with Gasteiger partial charge in [-0.05, 0) is 32.2 Å². The average molecular weight is 235 g/mol. The third-order valence-electron chi connectivity index (χ3n) is 4.04. The lowest BCUT2D eigenvalue weighted by molar-refractivity contribution is 0.337. The Kier molecular flexibility index (Phi) is 3.41. The van der Waals surface area contributed by atoms with E-state index in [0.29, 0.717) is 12.0 Å². The third kappa shape index (κ3) is 2.51. The van der Waals surface area contributed by atoms with Gasteiger partial charge >= 0.3 is 0 Å². The van der Waals surface area contributed by atoms with Crippen LogP contribution in [0.3, 0.4) is 0 Å². The second-order valence-corrected chi connectivity index (χ2v) is 5.33. The van der Waals surface area contributed by atoms with Crippen molar-refractivity contribution in [3.05, 3.63) is 11.7 Å².